The van der Waals surface area contributed by atoms with Gasteiger partial charge in [0.15, 0.2) is 11.5 Å². The van der Waals surface area contributed by atoms with Crippen molar-refractivity contribution in [2.45, 2.75) is 6.42 Å². The fraction of sp³-hybridized carbons (Fsp3) is 0.125. The third-order valence-corrected chi connectivity index (χ3v) is 3.72. The summed E-state index contributed by atoms with van der Waals surface area (Å²) in [6.07, 6.45) is 2.48. The van der Waals surface area contributed by atoms with Crippen LogP contribution in [0.25, 0.3) is 11.5 Å². The summed E-state index contributed by atoms with van der Waals surface area (Å²) in [7, 11) is 0. The van der Waals surface area contributed by atoms with Crippen molar-refractivity contribution in [3.05, 3.63) is 60.0 Å². The van der Waals surface area contributed by atoms with Crippen molar-refractivity contribution in [2.75, 3.05) is 11.4 Å². The minimum atomic E-state index is -0.0889. The molecule has 1 N–H and O–H groups in total. The van der Waals surface area contributed by atoms with E-state index in [-0.39, 0.29) is 5.91 Å². The highest BCUT2D eigenvalue weighted by Crippen LogP contribution is 2.29. The zero-order valence-electron chi connectivity index (χ0n) is 11.2. The molecule has 1 aliphatic heterocycles. The van der Waals surface area contributed by atoms with Crippen LogP contribution in [0.1, 0.15) is 16.1 Å². The zero-order chi connectivity index (χ0) is 14.2. The average Bonchev–Trinajstić information content (AvgIpc) is 3.25. The van der Waals surface area contributed by atoms with Crippen LogP contribution in [-0.4, -0.2) is 22.6 Å². The monoisotopic (exact) mass is 279 g/mol. The molecule has 1 amide bonds. The van der Waals surface area contributed by atoms with Crippen LogP contribution in [0.5, 0.6) is 0 Å². The van der Waals surface area contributed by atoms with E-state index >= 15 is 0 Å². The molecule has 3 heterocycles. The van der Waals surface area contributed by atoms with Crippen LogP contribution >= 0.6 is 0 Å². The first-order valence-electron chi connectivity index (χ1n) is 6.82. The molecule has 0 bridgehead atoms. The smallest absolute Gasteiger partial charge is 0.278 e. The Hall–Kier alpha value is -2.82. The van der Waals surface area contributed by atoms with Crippen LogP contribution in [0.2, 0.25) is 0 Å². The molecule has 2 aromatic heterocycles. The minimum Gasteiger partial charge on any atom is -0.463 e. The molecule has 0 fully saturated rings. The summed E-state index contributed by atoms with van der Waals surface area (Å²) in [5.74, 6) is 0.581. The normalized spacial score (nSPS) is 13.4. The molecule has 3 aromatic rings. The number of nitrogens with zero attached hydrogens (tertiary/aromatic N) is 2. The lowest BCUT2D eigenvalue weighted by Crippen LogP contribution is -2.29. The largest absolute Gasteiger partial charge is 0.463 e. The van der Waals surface area contributed by atoms with E-state index in [1.807, 2.05) is 24.3 Å². The third kappa shape index (κ3) is 1.94. The Balaban J connectivity index is 1.65. The predicted octanol–water partition coefficient (Wildman–Crippen LogP) is 2.87. The number of hydrogen-bond donors (Lipinski definition) is 1. The van der Waals surface area contributed by atoms with Crippen molar-refractivity contribution >= 4 is 11.6 Å². The van der Waals surface area contributed by atoms with Gasteiger partial charge in [-0.15, -0.1) is 0 Å². The number of carbonyl (C=O) groups is 1. The van der Waals surface area contributed by atoms with Crippen molar-refractivity contribution in [3.63, 3.8) is 0 Å². The minimum absolute atomic E-state index is 0.0889. The maximum absolute atomic E-state index is 12.6. The first kappa shape index (κ1) is 12.0. The molecule has 0 radical (unpaired) electrons. The Morgan fingerprint density at radius 3 is 3.00 bits per heavy atom. The average molecular weight is 279 g/mol. The van der Waals surface area contributed by atoms with Crippen molar-refractivity contribution in [3.8, 4) is 11.5 Å². The number of carbonyl (C=O) groups excluding carboxylic acids is 1. The van der Waals surface area contributed by atoms with E-state index in [0.717, 1.165) is 12.1 Å². The molecule has 0 saturated heterocycles. The fourth-order valence-electron chi connectivity index (χ4n) is 2.68. The lowest BCUT2D eigenvalue weighted by molar-refractivity contribution is 0.0984. The quantitative estimate of drug-likeness (QED) is 0.784. The third-order valence-electron chi connectivity index (χ3n) is 3.72. The van der Waals surface area contributed by atoms with Gasteiger partial charge < -0.3 is 9.32 Å². The van der Waals surface area contributed by atoms with E-state index in [2.05, 4.69) is 16.3 Å². The maximum Gasteiger partial charge on any atom is 0.278 e. The molecule has 1 aromatic carbocycles. The van der Waals surface area contributed by atoms with Gasteiger partial charge in [0.2, 0.25) is 0 Å². The standard InChI is InChI=1S/C16H13N3O2/c20-16(19-8-7-11-4-1-2-5-14(11)19)13-10-12(17-18-13)15-6-3-9-21-15/h1-6,9-10H,7-8H2,(H,17,18). The van der Waals surface area contributed by atoms with Gasteiger partial charge >= 0.3 is 0 Å². The van der Waals surface area contributed by atoms with E-state index < -0.39 is 0 Å². The van der Waals surface area contributed by atoms with Gasteiger partial charge in [-0.25, -0.2) is 0 Å². The number of amides is 1. The Kier molecular flexibility index (Phi) is 2.64. The Morgan fingerprint density at radius 1 is 1.24 bits per heavy atom. The number of H-pyrrole nitrogens is 1. The second kappa shape index (κ2) is 4.63. The number of furan rings is 1. The Bertz CT molecular complexity index is 789. The van der Waals surface area contributed by atoms with Crippen LogP contribution in [0.3, 0.4) is 0 Å². The molecule has 5 nitrogen and oxygen atoms in total. The van der Waals surface area contributed by atoms with Crippen LogP contribution in [0.4, 0.5) is 5.69 Å². The van der Waals surface area contributed by atoms with E-state index in [4.69, 9.17) is 4.42 Å². The number of aromatic amines is 1. The predicted molar refractivity (Wildman–Crippen MR) is 78.1 cm³/mol. The number of benzene rings is 1. The Labute approximate surface area is 121 Å². The summed E-state index contributed by atoms with van der Waals surface area (Å²) >= 11 is 0. The molecule has 4 rings (SSSR count). The summed E-state index contributed by atoms with van der Waals surface area (Å²) in [6, 6.07) is 13.3. The maximum atomic E-state index is 12.6. The second-order valence-corrected chi connectivity index (χ2v) is 4.98. The summed E-state index contributed by atoms with van der Waals surface area (Å²) in [5.41, 5.74) is 3.28. The first-order valence-corrected chi connectivity index (χ1v) is 6.82. The van der Waals surface area contributed by atoms with E-state index in [9.17, 15) is 4.79 Å². The van der Waals surface area contributed by atoms with Crippen LogP contribution in [0.15, 0.2) is 53.1 Å². The van der Waals surface area contributed by atoms with Crippen LogP contribution < -0.4 is 4.90 Å². The number of anilines is 1. The molecular weight excluding hydrogens is 266 g/mol. The summed E-state index contributed by atoms with van der Waals surface area (Å²) in [5, 5.41) is 6.96. The molecule has 1 aliphatic rings. The zero-order valence-corrected chi connectivity index (χ0v) is 11.2. The van der Waals surface area contributed by atoms with E-state index in [1.165, 1.54) is 5.56 Å². The summed E-state index contributed by atoms with van der Waals surface area (Å²) < 4.78 is 5.30. The number of aromatic nitrogens is 2. The van der Waals surface area contributed by atoms with Crippen molar-refractivity contribution < 1.29 is 9.21 Å². The van der Waals surface area contributed by atoms with E-state index in [1.54, 1.807) is 23.3 Å². The molecule has 0 spiro atoms. The van der Waals surface area contributed by atoms with Crippen molar-refractivity contribution in [1.29, 1.82) is 0 Å². The highest BCUT2D eigenvalue weighted by molar-refractivity contribution is 6.06. The lowest BCUT2D eigenvalue weighted by atomic mass is 10.2. The molecule has 21 heavy (non-hydrogen) atoms. The highest BCUT2D eigenvalue weighted by atomic mass is 16.3. The molecule has 5 heteroatoms. The van der Waals surface area contributed by atoms with Gasteiger partial charge in [0.1, 0.15) is 5.69 Å². The summed E-state index contributed by atoms with van der Waals surface area (Å²) in [6.45, 7) is 0.696. The molecule has 104 valence electrons. The lowest BCUT2D eigenvalue weighted by Gasteiger charge is -2.15. The van der Waals surface area contributed by atoms with Gasteiger partial charge in [-0.3, -0.25) is 9.89 Å². The number of hydrogen-bond acceptors (Lipinski definition) is 3. The first-order chi connectivity index (χ1) is 10.3. The molecule has 0 aliphatic carbocycles. The Morgan fingerprint density at radius 2 is 2.14 bits per heavy atom. The van der Waals surface area contributed by atoms with Crippen LogP contribution in [-0.2, 0) is 6.42 Å². The van der Waals surface area contributed by atoms with Crippen molar-refractivity contribution in [1.82, 2.24) is 10.2 Å². The number of nitrogens with one attached hydrogen (secondary N) is 1. The fourth-order valence-corrected chi connectivity index (χ4v) is 2.68. The van der Waals surface area contributed by atoms with Gasteiger partial charge in [-0.05, 0) is 30.2 Å². The number of para-hydroxylation sites is 1. The second-order valence-electron chi connectivity index (χ2n) is 4.98. The van der Waals surface area contributed by atoms with Crippen LogP contribution in [0, 0.1) is 0 Å². The topological polar surface area (TPSA) is 62.1 Å². The van der Waals surface area contributed by atoms with E-state index in [0.29, 0.717) is 23.7 Å². The van der Waals surface area contributed by atoms with Gasteiger partial charge in [0, 0.05) is 18.3 Å². The number of fused-ring (bicyclic) bond motifs is 1. The van der Waals surface area contributed by atoms with Crippen molar-refractivity contribution in [2.24, 2.45) is 0 Å². The SMILES string of the molecule is O=C(c1cc(-c2ccco2)[nH]n1)N1CCc2ccccc21. The summed E-state index contributed by atoms with van der Waals surface area (Å²) in [4.78, 5) is 14.4. The van der Waals surface area contributed by atoms with Gasteiger partial charge in [-0.1, -0.05) is 18.2 Å². The van der Waals surface area contributed by atoms with Gasteiger partial charge in [0.25, 0.3) is 5.91 Å². The molecule has 0 saturated carbocycles. The molecule has 0 unspecified atom stereocenters. The molecule has 0 atom stereocenters. The van der Waals surface area contributed by atoms with Gasteiger partial charge in [-0.2, -0.15) is 5.10 Å². The highest BCUT2D eigenvalue weighted by Gasteiger charge is 2.26. The van der Waals surface area contributed by atoms with Gasteiger partial charge in [0.05, 0.1) is 6.26 Å². The molecular formula is C16H13N3O2. The number of rotatable bonds is 2.